The van der Waals surface area contributed by atoms with Gasteiger partial charge in [-0.05, 0) is 30.3 Å². The number of esters is 1. The largest absolute Gasteiger partial charge is 0.507 e. The minimum atomic E-state index is -0.892. The summed E-state index contributed by atoms with van der Waals surface area (Å²) in [5, 5.41) is 12.3. The highest BCUT2D eigenvalue weighted by Crippen LogP contribution is 2.33. The highest BCUT2D eigenvalue weighted by molar-refractivity contribution is 6.00. The van der Waals surface area contributed by atoms with E-state index in [1.54, 1.807) is 24.3 Å². The van der Waals surface area contributed by atoms with Crippen LogP contribution in [0.4, 0.5) is 5.69 Å². The van der Waals surface area contributed by atoms with Crippen LogP contribution < -0.4 is 19.7 Å². The van der Waals surface area contributed by atoms with Gasteiger partial charge in [0.25, 0.3) is 11.8 Å². The molecule has 1 aliphatic rings. The Hall–Kier alpha value is -3.75. The van der Waals surface area contributed by atoms with Crippen LogP contribution in [-0.4, -0.2) is 56.3 Å². The molecule has 2 aromatic rings. The fraction of sp³-hybridized carbons (Fsp3) is 0.250. The van der Waals surface area contributed by atoms with Gasteiger partial charge in [-0.3, -0.25) is 9.59 Å². The van der Waals surface area contributed by atoms with Crippen LogP contribution in [0.5, 0.6) is 17.2 Å². The number of para-hydroxylation sites is 2. The number of methoxy groups -OCH3 is 1. The maximum atomic E-state index is 12.7. The van der Waals surface area contributed by atoms with E-state index in [9.17, 15) is 19.5 Å². The number of hydrogen-bond donors (Lipinski definition) is 2. The van der Waals surface area contributed by atoms with Gasteiger partial charge in [0.1, 0.15) is 22.8 Å². The lowest BCUT2D eigenvalue weighted by molar-refractivity contribution is -0.128. The van der Waals surface area contributed by atoms with Gasteiger partial charge in [-0.1, -0.05) is 12.1 Å². The molecule has 0 aromatic heterocycles. The molecule has 9 nitrogen and oxygen atoms in total. The summed E-state index contributed by atoms with van der Waals surface area (Å²) in [6.07, 6.45) is -0.892. The Balaban J connectivity index is 1.74. The quantitative estimate of drug-likeness (QED) is 0.722. The second kappa shape index (κ2) is 8.51. The van der Waals surface area contributed by atoms with Crippen molar-refractivity contribution in [3.8, 4) is 17.2 Å². The van der Waals surface area contributed by atoms with Crippen LogP contribution in [0, 0.1) is 0 Å². The minimum absolute atomic E-state index is 0.0303. The standard InChI is InChI=1S/C20H20N2O7/c1-21-19(25)17-10-22(14-5-3-4-6-16(14)29-17)18(24)11-28-20(26)13-9-12(27-2)7-8-15(13)23/h3-9,17,23H,10-11H2,1-2H3,(H,21,25). The Morgan fingerprint density at radius 2 is 2.00 bits per heavy atom. The highest BCUT2D eigenvalue weighted by atomic mass is 16.5. The molecule has 0 bridgehead atoms. The third-order valence-electron chi connectivity index (χ3n) is 4.36. The molecule has 0 spiro atoms. The molecule has 9 heteroatoms. The zero-order valence-electron chi connectivity index (χ0n) is 15.9. The molecule has 1 aliphatic heterocycles. The first-order valence-corrected chi connectivity index (χ1v) is 8.76. The summed E-state index contributed by atoms with van der Waals surface area (Å²) >= 11 is 0. The van der Waals surface area contributed by atoms with Crippen molar-refractivity contribution in [2.24, 2.45) is 0 Å². The Labute approximate surface area is 166 Å². The van der Waals surface area contributed by atoms with E-state index in [1.165, 1.54) is 37.3 Å². The second-order valence-corrected chi connectivity index (χ2v) is 6.15. The van der Waals surface area contributed by atoms with Gasteiger partial charge in [0, 0.05) is 7.05 Å². The average molecular weight is 400 g/mol. The number of amides is 2. The summed E-state index contributed by atoms with van der Waals surface area (Å²) in [4.78, 5) is 38.3. The molecule has 1 unspecified atom stereocenters. The number of anilines is 1. The van der Waals surface area contributed by atoms with Gasteiger partial charge in [-0.2, -0.15) is 0 Å². The third-order valence-corrected chi connectivity index (χ3v) is 4.36. The van der Waals surface area contributed by atoms with E-state index in [0.717, 1.165) is 0 Å². The molecule has 0 aliphatic carbocycles. The van der Waals surface area contributed by atoms with E-state index in [1.807, 2.05) is 0 Å². The van der Waals surface area contributed by atoms with Crippen LogP contribution in [0.3, 0.4) is 0 Å². The average Bonchev–Trinajstić information content (AvgIpc) is 2.76. The second-order valence-electron chi connectivity index (χ2n) is 6.15. The van der Waals surface area contributed by atoms with Crippen molar-refractivity contribution in [1.82, 2.24) is 5.32 Å². The smallest absolute Gasteiger partial charge is 0.342 e. The van der Waals surface area contributed by atoms with Crippen molar-refractivity contribution in [2.75, 3.05) is 32.2 Å². The number of phenols is 1. The summed E-state index contributed by atoms with van der Waals surface area (Å²) in [6.45, 7) is -0.609. The van der Waals surface area contributed by atoms with Crippen LogP contribution in [-0.2, 0) is 14.3 Å². The van der Waals surface area contributed by atoms with Crippen LogP contribution in [0.15, 0.2) is 42.5 Å². The number of nitrogens with zero attached hydrogens (tertiary/aromatic N) is 1. The fourth-order valence-electron chi connectivity index (χ4n) is 2.86. The molecular formula is C20H20N2O7. The van der Waals surface area contributed by atoms with Gasteiger partial charge in [0.15, 0.2) is 12.7 Å². The van der Waals surface area contributed by atoms with Gasteiger partial charge in [0.2, 0.25) is 0 Å². The molecule has 2 amide bonds. The number of likely N-dealkylation sites (N-methyl/N-ethyl adjacent to an activating group) is 1. The number of carbonyl (C=O) groups excluding carboxylic acids is 3. The van der Waals surface area contributed by atoms with Gasteiger partial charge >= 0.3 is 5.97 Å². The Morgan fingerprint density at radius 1 is 1.24 bits per heavy atom. The Kier molecular flexibility index (Phi) is 5.87. The lowest BCUT2D eigenvalue weighted by Crippen LogP contribution is -2.51. The third kappa shape index (κ3) is 4.23. The number of fused-ring (bicyclic) bond motifs is 1. The predicted octanol–water partition coefficient (Wildman–Crippen LogP) is 1.10. The van der Waals surface area contributed by atoms with Crippen LogP contribution in [0.1, 0.15) is 10.4 Å². The lowest BCUT2D eigenvalue weighted by Gasteiger charge is -2.33. The van der Waals surface area contributed by atoms with Crippen molar-refractivity contribution in [1.29, 1.82) is 0 Å². The number of carbonyl (C=O) groups is 3. The van der Waals surface area contributed by atoms with Crippen molar-refractivity contribution in [2.45, 2.75) is 6.10 Å². The van der Waals surface area contributed by atoms with E-state index in [0.29, 0.717) is 17.2 Å². The maximum Gasteiger partial charge on any atom is 0.342 e. The van der Waals surface area contributed by atoms with Crippen molar-refractivity contribution in [3.05, 3.63) is 48.0 Å². The molecule has 3 rings (SSSR count). The molecule has 29 heavy (non-hydrogen) atoms. The van der Waals surface area contributed by atoms with Gasteiger partial charge in [-0.25, -0.2) is 4.79 Å². The Morgan fingerprint density at radius 3 is 2.72 bits per heavy atom. The number of phenolic OH excluding ortho intramolecular Hbond substituents is 1. The van der Waals surface area contributed by atoms with Crippen LogP contribution >= 0.6 is 0 Å². The zero-order valence-corrected chi connectivity index (χ0v) is 15.9. The molecule has 2 aromatic carbocycles. The summed E-state index contributed by atoms with van der Waals surface area (Å²) in [7, 11) is 2.89. The molecule has 152 valence electrons. The van der Waals surface area contributed by atoms with E-state index in [4.69, 9.17) is 14.2 Å². The number of benzene rings is 2. The molecular weight excluding hydrogens is 380 g/mol. The van der Waals surface area contributed by atoms with Crippen molar-refractivity contribution >= 4 is 23.5 Å². The molecule has 1 heterocycles. The van der Waals surface area contributed by atoms with E-state index < -0.39 is 24.6 Å². The number of nitrogens with one attached hydrogen (secondary N) is 1. The highest BCUT2D eigenvalue weighted by Gasteiger charge is 2.33. The van der Waals surface area contributed by atoms with Gasteiger partial charge in [0.05, 0.1) is 19.3 Å². The summed E-state index contributed by atoms with van der Waals surface area (Å²) < 4.78 is 15.7. The first-order chi connectivity index (χ1) is 13.9. The first kappa shape index (κ1) is 20.0. The fourth-order valence-corrected chi connectivity index (χ4v) is 2.86. The summed E-state index contributed by atoms with van der Waals surface area (Å²) in [5.74, 6) is -1.35. The topological polar surface area (TPSA) is 114 Å². The number of rotatable bonds is 5. The zero-order chi connectivity index (χ0) is 21.0. The summed E-state index contributed by atoms with van der Waals surface area (Å²) in [6, 6.07) is 10.9. The number of hydrogen-bond acceptors (Lipinski definition) is 7. The molecule has 0 saturated heterocycles. The maximum absolute atomic E-state index is 12.7. The molecule has 0 saturated carbocycles. The Bertz CT molecular complexity index is 944. The SMILES string of the molecule is CNC(=O)C1CN(C(=O)COC(=O)c2cc(OC)ccc2O)c2ccccc2O1. The first-order valence-electron chi connectivity index (χ1n) is 8.76. The van der Waals surface area contributed by atoms with Crippen LogP contribution in [0.2, 0.25) is 0 Å². The molecule has 2 N–H and O–H groups in total. The van der Waals surface area contributed by atoms with Crippen molar-refractivity contribution in [3.63, 3.8) is 0 Å². The molecule has 0 fully saturated rings. The van der Waals surface area contributed by atoms with E-state index in [-0.39, 0.29) is 23.8 Å². The minimum Gasteiger partial charge on any atom is -0.507 e. The van der Waals surface area contributed by atoms with Gasteiger partial charge < -0.3 is 29.5 Å². The predicted molar refractivity (Wildman–Crippen MR) is 102 cm³/mol. The van der Waals surface area contributed by atoms with Crippen LogP contribution in [0.25, 0.3) is 0 Å². The number of aromatic hydroxyl groups is 1. The normalized spacial score (nSPS) is 15.0. The summed E-state index contributed by atoms with van der Waals surface area (Å²) in [5.41, 5.74) is 0.348. The number of ether oxygens (including phenoxy) is 3. The molecule has 0 radical (unpaired) electrons. The lowest BCUT2D eigenvalue weighted by atomic mass is 10.1. The van der Waals surface area contributed by atoms with E-state index >= 15 is 0 Å². The van der Waals surface area contributed by atoms with E-state index in [2.05, 4.69) is 5.32 Å². The van der Waals surface area contributed by atoms with Gasteiger partial charge in [-0.15, -0.1) is 0 Å². The molecule has 1 atom stereocenters. The monoisotopic (exact) mass is 400 g/mol. The van der Waals surface area contributed by atoms with Crippen molar-refractivity contribution < 1.29 is 33.7 Å².